The number of hydrogen-bond acceptors (Lipinski definition) is 5. The van der Waals surface area contributed by atoms with Crippen molar-refractivity contribution in [3.05, 3.63) is 0 Å². The summed E-state index contributed by atoms with van der Waals surface area (Å²) in [6.45, 7) is 0. The number of aliphatic carboxylic acids is 1. The molecule has 7 N–H and O–H groups in total. The highest BCUT2D eigenvalue weighted by Gasteiger charge is 2.24. The van der Waals surface area contributed by atoms with Crippen LogP contribution in [0.15, 0.2) is 0 Å². The molecule has 0 saturated carbocycles. The molecule has 0 aromatic carbocycles. The summed E-state index contributed by atoms with van der Waals surface area (Å²) in [6.07, 6.45) is 0. The Hall–Kier alpha value is -0.440. The number of rotatable bonds is 5. The van der Waals surface area contributed by atoms with Crippen molar-refractivity contribution in [3.63, 3.8) is 0 Å². The number of carbonyl (C=O) groups excluding carboxylic acids is 1. The first-order chi connectivity index (χ1) is 5.99. The van der Waals surface area contributed by atoms with E-state index < -0.39 is 22.7 Å². The van der Waals surface area contributed by atoms with Crippen molar-refractivity contribution in [2.45, 2.75) is 10.7 Å². The van der Waals surface area contributed by atoms with Crippen molar-refractivity contribution in [3.8, 4) is 0 Å². The number of methoxy groups -OCH3 is 1. The molecule has 13 heavy (non-hydrogen) atoms. The van der Waals surface area contributed by atoms with E-state index in [4.69, 9.17) is 5.11 Å². The summed E-state index contributed by atoms with van der Waals surface area (Å²) < 4.78 is 4.40. The molecule has 0 rings (SSSR count). The van der Waals surface area contributed by atoms with Crippen LogP contribution in [0.5, 0.6) is 0 Å². The highest BCUT2D eigenvalue weighted by Crippen LogP contribution is 2.25. The largest absolute Gasteiger partial charge is 0.476 e. The lowest BCUT2D eigenvalue weighted by atomic mass is 10.7. The van der Waals surface area contributed by atoms with Crippen molar-refractivity contribution in [2.24, 2.45) is 0 Å². The van der Waals surface area contributed by atoms with Crippen LogP contribution in [-0.2, 0) is 14.3 Å². The third kappa shape index (κ3) is 4.98. The van der Waals surface area contributed by atoms with Crippen molar-refractivity contribution >= 4 is 33.5 Å². The van der Waals surface area contributed by atoms with Crippen molar-refractivity contribution in [1.29, 1.82) is 0 Å². The molecule has 0 aromatic heterocycles. The minimum atomic E-state index is -1.02. The Morgan fingerprint density at radius 2 is 1.77 bits per heavy atom. The molecule has 2 unspecified atom stereocenters. The molecule has 8 heteroatoms. The van der Waals surface area contributed by atoms with E-state index in [-0.39, 0.29) is 0 Å². The van der Waals surface area contributed by atoms with Gasteiger partial charge in [-0.15, -0.1) is 0 Å². The molecule has 0 aliphatic heterocycles. The van der Waals surface area contributed by atoms with Gasteiger partial charge >= 0.3 is 11.9 Å². The predicted molar refractivity (Wildman–Crippen MR) is 48.2 cm³/mol. The molecule has 0 radical (unpaired) electrons. The summed E-state index contributed by atoms with van der Waals surface area (Å²) >= 11 is 0. The molecule has 0 aliphatic carbocycles. The van der Waals surface area contributed by atoms with Crippen LogP contribution in [0, 0.1) is 0 Å². The van der Waals surface area contributed by atoms with Crippen molar-refractivity contribution in [2.75, 3.05) is 7.11 Å². The molecule has 0 saturated heterocycles. The van der Waals surface area contributed by atoms with E-state index in [1.807, 2.05) is 0 Å². The number of carboxylic acids is 1. The van der Waals surface area contributed by atoms with Gasteiger partial charge in [-0.1, -0.05) is 0 Å². The second-order valence-corrected chi connectivity index (χ2v) is 4.71. The van der Waals surface area contributed by atoms with Crippen molar-refractivity contribution in [1.82, 2.24) is 0 Å². The first kappa shape index (κ1) is 12.6. The van der Waals surface area contributed by atoms with E-state index in [0.717, 1.165) is 21.6 Å². The Balaban J connectivity index is 3.76. The number of esters is 1. The summed E-state index contributed by atoms with van der Waals surface area (Å²) in [5, 5.41) is 7.02. The smallest absolute Gasteiger partial charge is 0.376 e. The minimum Gasteiger partial charge on any atom is -0.476 e. The van der Waals surface area contributed by atoms with E-state index in [1.54, 1.807) is 0 Å². The van der Waals surface area contributed by atoms with E-state index in [1.165, 1.54) is 7.11 Å². The monoisotopic (exact) mass is 228 g/mol. The summed E-state index contributed by atoms with van der Waals surface area (Å²) in [6, 6.07) is 0. The summed E-state index contributed by atoms with van der Waals surface area (Å²) in [5.41, 5.74) is 6.84. The van der Waals surface area contributed by atoms with Gasteiger partial charge in [0, 0.05) is 0 Å². The van der Waals surface area contributed by atoms with Gasteiger partial charge in [0.1, 0.15) is 0 Å². The van der Waals surface area contributed by atoms with E-state index in [9.17, 15) is 9.59 Å². The number of carbonyl (C=O) groups is 2. The minimum absolute atomic E-state index is 0.477. The molecule has 0 spiro atoms. The molecule has 76 valence electrons. The van der Waals surface area contributed by atoms with Crippen molar-refractivity contribution < 1.29 is 30.9 Å². The van der Waals surface area contributed by atoms with E-state index >= 15 is 0 Å². The average Bonchev–Trinajstić information content (AvgIpc) is 2.11. The normalized spacial score (nSPS) is 14.7. The molecule has 2 atom stereocenters. The molecular weight excluding hydrogens is 216 g/mol. The third-order valence-electron chi connectivity index (χ3n) is 1.03. The average molecular weight is 228 g/mol. The van der Waals surface area contributed by atoms with Gasteiger partial charge in [-0.2, -0.15) is 0 Å². The zero-order chi connectivity index (χ0) is 10.4. The molecule has 0 heterocycles. The van der Waals surface area contributed by atoms with Crippen LogP contribution in [0.2, 0.25) is 0 Å². The molecule has 0 amide bonds. The van der Waals surface area contributed by atoms with Gasteiger partial charge in [0.15, 0.2) is 0 Å². The third-order valence-corrected chi connectivity index (χ3v) is 3.72. The van der Waals surface area contributed by atoms with Crippen LogP contribution in [0.25, 0.3) is 0 Å². The summed E-state index contributed by atoms with van der Waals surface area (Å²) in [5.74, 6) is -1.50. The zero-order valence-corrected chi connectivity index (χ0v) is 8.69. The lowest BCUT2D eigenvalue weighted by Gasteiger charge is -2.05. The Morgan fingerprint density at radius 3 is 2.15 bits per heavy atom. The molecule has 0 aromatic rings. The molecule has 0 bridgehead atoms. The Bertz CT molecular complexity index is 201. The quantitative estimate of drug-likeness (QED) is 0.278. The van der Waals surface area contributed by atoms with Gasteiger partial charge in [-0.3, -0.25) is 0 Å². The Morgan fingerprint density at radius 1 is 1.31 bits per heavy atom. The fraction of sp³-hybridized carbons (Fsp3) is 0.600. The van der Waals surface area contributed by atoms with Crippen LogP contribution in [0.4, 0.5) is 0 Å². The Labute approximate surface area is 82.8 Å². The van der Waals surface area contributed by atoms with Gasteiger partial charge in [0.05, 0.1) is 7.11 Å². The number of carboxylic acid groups (broad SMARTS) is 1. The van der Waals surface area contributed by atoms with Crippen LogP contribution < -0.4 is 11.5 Å². The molecular formula is C5H12N2O4S2+2. The lowest BCUT2D eigenvalue weighted by Crippen LogP contribution is -2.65. The molecule has 0 fully saturated rings. The van der Waals surface area contributed by atoms with Crippen LogP contribution in [-0.4, -0.2) is 34.9 Å². The predicted octanol–water partition coefficient (Wildman–Crippen LogP) is -2.24. The summed E-state index contributed by atoms with van der Waals surface area (Å²) in [7, 11) is 3.27. The lowest BCUT2D eigenvalue weighted by molar-refractivity contribution is -0.377. The first-order valence-electron chi connectivity index (χ1n) is 3.28. The first-order valence-corrected chi connectivity index (χ1v) is 5.55. The number of hydrogen-bond donors (Lipinski definition) is 3. The van der Waals surface area contributed by atoms with Crippen LogP contribution in [0.3, 0.4) is 0 Å². The molecule has 6 nitrogen and oxygen atoms in total. The molecule has 0 aliphatic rings. The standard InChI is InChI=1S/C5H10N2O4S2/c1-11-5(10)3(7)13-12-2(6)4(8)9/h2-3H,6-7H2,1H3,(H,8,9)/p+2. The van der Waals surface area contributed by atoms with Gasteiger partial charge in [0.25, 0.3) is 0 Å². The topological polar surface area (TPSA) is 119 Å². The second-order valence-electron chi connectivity index (χ2n) is 2.03. The van der Waals surface area contributed by atoms with Crippen LogP contribution in [0.1, 0.15) is 0 Å². The van der Waals surface area contributed by atoms with Gasteiger partial charge < -0.3 is 21.3 Å². The SMILES string of the molecule is COC(=O)C([NH3+])SSC([NH3+])C(=O)O. The highest BCUT2D eigenvalue weighted by molar-refractivity contribution is 8.77. The second kappa shape index (κ2) is 6.08. The van der Waals surface area contributed by atoms with E-state index in [2.05, 4.69) is 16.2 Å². The fourth-order valence-corrected chi connectivity index (χ4v) is 2.16. The van der Waals surface area contributed by atoms with E-state index in [0.29, 0.717) is 0 Å². The maximum Gasteiger partial charge on any atom is 0.376 e. The maximum atomic E-state index is 10.8. The van der Waals surface area contributed by atoms with Gasteiger partial charge in [-0.25, -0.2) is 9.59 Å². The zero-order valence-electron chi connectivity index (χ0n) is 7.06. The number of ether oxygens (including phenoxy) is 1. The Kier molecular flexibility index (Phi) is 5.88. The van der Waals surface area contributed by atoms with Gasteiger partial charge in [-0.05, 0) is 21.6 Å². The van der Waals surface area contributed by atoms with Gasteiger partial charge in [0.2, 0.25) is 10.7 Å². The maximum absolute atomic E-state index is 10.8. The fourth-order valence-electron chi connectivity index (χ4n) is 0.346. The van der Waals surface area contributed by atoms with Crippen LogP contribution >= 0.6 is 21.6 Å². The number of quaternary nitrogens is 2. The summed E-state index contributed by atoms with van der Waals surface area (Å²) in [4.78, 5) is 21.1. The highest BCUT2D eigenvalue weighted by atomic mass is 33.1.